The van der Waals surface area contributed by atoms with Crippen LogP contribution in [0.15, 0.2) is 64.2 Å². The van der Waals surface area contributed by atoms with Gasteiger partial charge in [-0.05, 0) is 23.3 Å². The number of benzene rings is 2. The summed E-state index contributed by atoms with van der Waals surface area (Å²) in [5.41, 5.74) is 5.24. The molecule has 182 valence electrons. The number of H-pyrrole nitrogens is 1. The SMILES string of the molecule is COCCN(C(=O)/C=C/c1ccc(Cl)c([N+](=O)[O-])c1)c1c(N)n(Cc2ccccc2)c(=O)[nH]c1=O. The molecule has 1 amide bonds. The fraction of sp³-hybridized carbons (Fsp3) is 0.174. The number of nitro benzene ring substituents is 1. The number of ether oxygens (including phenoxy) is 1. The predicted molar refractivity (Wildman–Crippen MR) is 133 cm³/mol. The van der Waals surface area contributed by atoms with E-state index in [1.807, 2.05) is 6.07 Å². The highest BCUT2D eigenvalue weighted by Gasteiger charge is 2.23. The Morgan fingerprint density at radius 3 is 2.63 bits per heavy atom. The number of halogens is 1. The molecule has 3 N–H and O–H groups in total. The van der Waals surface area contributed by atoms with Crippen molar-refractivity contribution < 1.29 is 14.5 Å². The molecular weight excluding hydrogens is 478 g/mol. The van der Waals surface area contributed by atoms with Crippen molar-refractivity contribution >= 4 is 40.8 Å². The number of hydrogen-bond donors (Lipinski definition) is 2. The van der Waals surface area contributed by atoms with Crippen molar-refractivity contribution in [1.82, 2.24) is 9.55 Å². The quantitative estimate of drug-likeness (QED) is 0.260. The van der Waals surface area contributed by atoms with Gasteiger partial charge in [0.15, 0.2) is 5.69 Å². The Balaban J connectivity index is 2.00. The number of carbonyl (C=O) groups excluding carboxylic acids is 1. The molecular formula is C23H22ClN5O6. The molecule has 0 unspecified atom stereocenters. The van der Waals surface area contributed by atoms with Crippen LogP contribution in [0.5, 0.6) is 0 Å². The summed E-state index contributed by atoms with van der Waals surface area (Å²) < 4.78 is 6.22. The number of nitrogens with two attached hydrogens (primary N) is 1. The molecule has 2 aromatic carbocycles. The summed E-state index contributed by atoms with van der Waals surface area (Å²) in [4.78, 5) is 52.0. The van der Waals surface area contributed by atoms with Gasteiger partial charge >= 0.3 is 5.69 Å². The standard InChI is InChI=1S/C23H22ClN5O6/c1-35-12-11-27(19(30)10-8-15-7-9-17(24)18(13-15)29(33)34)20-21(25)28(23(32)26-22(20)31)14-16-5-3-2-4-6-16/h2-10,13H,11-12,14,25H2,1H3,(H,26,31,32)/b10-8+. The Morgan fingerprint density at radius 2 is 1.97 bits per heavy atom. The Kier molecular flexibility index (Phi) is 8.18. The van der Waals surface area contributed by atoms with Crippen LogP contribution in [0.1, 0.15) is 11.1 Å². The van der Waals surface area contributed by atoms with Gasteiger partial charge in [-0.15, -0.1) is 0 Å². The van der Waals surface area contributed by atoms with Crippen LogP contribution in [-0.2, 0) is 16.1 Å². The van der Waals surface area contributed by atoms with Crippen LogP contribution in [0.4, 0.5) is 17.2 Å². The van der Waals surface area contributed by atoms with Gasteiger partial charge < -0.3 is 10.5 Å². The van der Waals surface area contributed by atoms with Crippen LogP contribution in [0.3, 0.4) is 0 Å². The third kappa shape index (κ3) is 6.02. The molecule has 1 heterocycles. The number of nitrogens with zero attached hydrogens (tertiary/aromatic N) is 3. The second-order valence-electron chi connectivity index (χ2n) is 7.35. The molecule has 0 spiro atoms. The van der Waals surface area contributed by atoms with Crippen molar-refractivity contribution in [1.29, 1.82) is 0 Å². The number of rotatable bonds is 9. The van der Waals surface area contributed by atoms with Gasteiger partial charge in [0.1, 0.15) is 10.8 Å². The highest BCUT2D eigenvalue weighted by Crippen LogP contribution is 2.26. The molecule has 0 saturated carbocycles. The minimum Gasteiger partial charge on any atom is -0.383 e. The van der Waals surface area contributed by atoms with E-state index in [0.29, 0.717) is 5.56 Å². The van der Waals surface area contributed by atoms with Gasteiger partial charge in [-0.3, -0.25) is 34.2 Å². The number of aromatic amines is 1. The Hall–Kier alpha value is -4.22. The van der Waals surface area contributed by atoms with E-state index in [0.717, 1.165) is 21.1 Å². The number of nitro groups is 1. The molecule has 0 fully saturated rings. The number of methoxy groups -OCH3 is 1. The first-order chi connectivity index (χ1) is 16.7. The van der Waals surface area contributed by atoms with Crippen LogP contribution in [0.25, 0.3) is 6.08 Å². The number of carbonyl (C=O) groups is 1. The molecule has 12 heteroatoms. The lowest BCUT2D eigenvalue weighted by Gasteiger charge is -2.23. The first kappa shape index (κ1) is 25.4. The van der Waals surface area contributed by atoms with Gasteiger partial charge in [-0.2, -0.15) is 0 Å². The number of hydrogen-bond acceptors (Lipinski definition) is 7. The first-order valence-corrected chi connectivity index (χ1v) is 10.7. The third-order valence-corrected chi connectivity index (χ3v) is 5.36. The van der Waals surface area contributed by atoms with Gasteiger partial charge in [0.25, 0.3) is 17.2 Å². The fourth-order valence-electron chi connectivity index (χ4n) is 3.31. The number of nitrogens with one attached hydrogen (secondary N) is 1. The van der Waals surface area contributed by atoms with Gasteiger partial charge in [0, 0.05) is 25.8 Å². The van der Waals surface area contributed by atoms with Crippen molar-refractivity contribution in [2.24, 2.45) is 0 Å². The van der Waals surface area contributed by atoms with Gasteiger partial charge in [0.2, 0.25) is 0 Å². The minimum absolute atomic E-state index is 0.0415. The molecule has 3 aromatic rings. The van der Waals surface area contributed by atoms with E-state index < -0.39 is 22.1 Å². The molecule has 3 rings (SSSR count). The lowest BCUT2D eigenvalue weighted by atomic mass is 10.2. The van der Waals surface area contributed by atoms with Crippen LogP contribution >= 0.6 is 11.6 Å². The van der Waals surface area contributed by atoms with Crippen molar-refractivity contribution in [3.05, 3.63) is 102 Å². The molecule has 0 aliphatic heterocycles. The number of anilines is 2. The first-order valence-electron chi connectivity index (χ1n) is 10.3. The second-order valence-corrected chi connectivity index (χ2v) is 7.76. The highest BCUT2D eigenvalue weighted by atomic mass is 35.5. The molecule has 0 bridgehead atoms. The molecule has 11 nitrogen and oxygen atoms in total. The van der Waals surface area contributed by atoms with E-state index in [4.69, 9.17) is 22.1 Å². The maximum atomic E-state index is 13.1. The molecule has 0 saturated heterocycles. The Morgan fingerprint density at radius 1 is 1.26 bits per heavy atom. The number of nitrogen functional groups attached to an aromatic ring is 1. The maximum Gasteiger partial charge on any atom is 0.330 e. The van der Waals surface area contributed by atoms with Crippen molar-refractivity contribution in [2.45, 2.75) is 6.54 Å². The van der Waals surface area contributed by atoms with E-state index in [9.17, 15) is 24.5 Å². The summed E-state index contributed by atoms with van der Waals surface area (Å²) in [7, 11) is 1.43. The number of amides is 1. The summed E-state index contributed by atoms with van der Waals surface area (Å²) in [6.07, 6.45) is 2.48. The van der Waals surface area contributed by atoms with Gasteiger partial charge in [-0.25, -0.2) is 4.79 Å². The summed E-state index contributed by atoms with van der Waals surface area (Å²) in [6, 6.07) is 13.0. The zero-order chi connectivity index (χ0) is 25.5. The van der Waals surface area contributed by atoms with E-state index in [1.165, 1.54) is 31.4 Å². The summed E-state index contributed by atoms with van der Waals surface area (Å²) in [5.74, 6) is -0.843. The van der Waals surface area contributed by atoms with E-state index in [1.54, 1.807) is 24.3 Å². The van der Waals surface area contributed by atoms with E-state index in [2.05, 4.69) is 4.98 Å². The summed E-state index contributed by atoms with van der Waals surface area (Å²) in [6.45, 7) is 0.103. The van der Waals surface area contributed by atoms with Crippen molar-refractivity contribution in [2.75, 3.05) is 30.9 Å². The molecule has 35 heavy (non-hydrogen) atoms. The Bertz CT molecular complexity index is 1380. The lowest BCUT2D eigenvalue weighted by molar-refractivity contribution is -0.384. The summed E-state index contributed by atoms with van der Waals surface area (Å²) in [5, 5.41) is 11.1. The lowest BCUT2D eigenvalue weighted by Crippen LogP contribution is -2.42. The average molecular weight is 500 g/mol. The average Bonchev–Trinajstić information content (AvgIpc) is 2.83. The third-order valence-electron chi connectivity index (χ3n) is 5.04. The maximum absolute atomic E-state index is 13.1. The molecule has 1 aromatic heterocycles. The van der Waals surface area contributed by atoms with Crippen LogP contribution in [0, 0.1) is 10.1 Å². The predicted octanol–water partition coefficient (Wildman–Crippen LogP) is 2.42. The molecule has 0 aliphatic carbocycles. The highest BCUT2D eigenvalue weighted by molar-refractivity contribution is 6.32. The smallest absolute Gasteiger partial charge is 0.330 e. The zero-order valence-electron chi connectivity index (χ0n) is 18.6. The van der Waals surface area contributed by atoms with E-state index in [-0.39, 0.29) is 41.9 Å². The van der Waals surface area contributed by atoms with Crippen molar-refractivity contribution in [3.63, 3.8) is 0 Å². The molecule has 0 atom stereocenters. The van der Waals surface area contributed by atoms with Crippen LogP contribution in [0.2, 0.25) is 5.02 Å². The minimum atomic E-state index is -0.836. The Labute approximate surface area is 204 Å². The van der Waals surface area contributed by atoms with Crippen molar-refractivity contribution in [3.8, 4) is 0 Å². The van der Waals surface area contributed by atoms with Crippen LogP contribution < -0.4 is 21.9 Å². The molecule has 0 radical (unpaired) electrons. The van der Waals surface area contributed by atoms with Gasteiger partial charge in [-0.1, -0.05) is 48.0 Å². The second kappa shape index (κ2) is 11.3. The zero-order valence-corrected chi connectivity index (χ0v) is 19.4. The monoisotopic (exact) mass is 499 g/mol. The fourth-order valence-corrected chi connectivity index (χ4v) is 3.49. The largest absolute Gasteiger partial charge is 0.383 e. The molecule has 0 aliphatic rings. The topological polar surface area (TPSA) is 154 Å². The number of aromatic nitrogens is 2. The van der Waals surface area contributed by atoms with E-state index >= 15 is 0 Å². The summed E-state index contributed by atoms with van der Waals surface area (Å²) >= 11 is 5.83. The van der Waals surface area contributed by atoms with Crippen LogP contribution in [-0.4, -0.2) is 40.6 Å². The normalized spacial score (nSPS) is 11.0. The van der Waals surface area contributed by atoms with Gasteiger partial charge in [0.05, 0.1) is 18.1 Å².